The summed E-state index contributed by atoms with van der Waals surface area (Å²) in [5.41, 5.74) is 0.561. The van der Waals surface area contributed by atoms with Crippen LogP contribution in [-0.2, 0) is 26.1 Å². The molecule has 0 bridgehead atoms. The van der Waals surface area contributed by atoms with E-state index in [1.807, 2.05) is 11.5 Å². The average molecular weight is 478 g/mol. The summed E-state index contributed by atoms with van der Waals surface area (Å²) in [5.74, 6) is 0.136. The third-order valence-electron chi connectivity index (χ3n) is 5.97. The van der Waals surface area contributed by atoms with E-state index in [9.17, 15) is 18.5 Å². The fraction of sp³-hybridized carbons (Fsp3) is 0.571. The van der Waals surface area contributed by atoms with Crippen LogP contribution in [-0.4, -0.2) is 65.8 Å². The summed E-state index contributed by atoms with van der Waals surface area (Å²) < 4.78 is 34.6. The third-order valence-corrected chi connectivity index (χ3v) is 8.84. The number of ether oxygens (including phenoxy) is 1. The maximum Gasteiger partial charge on any atom is 0.243 e. The molecule has 11 heteroatoms. The summed E-state index contributed by atoms with van der Waals surface area (Å²) in [6.07, 6.45) is 1.91. The highest BCUT2D eigenvalue weighted by molar-refractivity contribution is 7.99. The summed E-state index contributed by atoms with van der Waals surface area (Å²) >= 11 is 1.28. The Hall–Kier alpha value is -2.13. The van der Waals surface area contributed by atoms with Crippen molar-refractivity contribution in [2.24, 2.45) is 5.92 Å². The number of benzene rings is 1. The molecular weight excluding hydrogens is 450 g/mol. The molecule has 2 heterocycles. The molecule has 1 saturated heterocycles. The number of carbonyl (C=O) groups excluding carboxylic acids is 1. The number of aromatic nitrogens is 2. The molecule has 1 unspecified atom stereocenters. The van der Waals surface area contributed by atoms with Gasteiger partial charge in [0.1, 0.15) is 5.54 Å². The molecule has 2 fully saturated rings. The second-order valence-electron chi connectivity index (χ2n) is 8.23. The number of rotatable bonds is 8. The first kappa shape index (κ1) is 23.0. The molecule has 9 nitrogen and oxygen atoms in total. The molecule has 172 valence electrons. The van der Waals surface area contributed by atoms with Crippen LogP contribution in [0.15, 0.2) is 28.3 Å². The third kappa shape index (κ3) is 4.50. The van der Waals surface area contributed by atoms with Gasteiger partial charge in [0.15, 0.2) is 5.16 Å². The zero-order valence-corrected chi connectivity index (χ0v) is 19.8. The van der Waals surface area contributed by atoms with Crippen LogP contribution in [0.25, 0.3) is 11.0 Å². The van der Waals surface area contributed by atoms with Gasteiger partial charge in [-0.2, -0.15) is 9.57 Å². The highest BCUT2D eigenvalue weighted by Crippen LogP contribution is 2.39. The Kier molecular flexibility index (Phi) is 6.49. The number of imidazole rings is 1. The van der Waals surface area contributed by atoms with Crippen molar-refractivity contribution < 1.29 is 17.9 Å². The van der Waals surface area contributed by atoms with Crippen molar-refractivity contribution in [3.05, 3.63) is 18.2 Å². The maximum atomic E-state index is 13.0. The molecule has 32 heavy (non-hydrogen) atoms. The van der Waals surface area contributed by atoms with Crippen molar-refractivity contribution in [2.75, 3.05) is 32.1 Å². The molecule has 1 N–H and O–H groups in total. The molecule has 1 aromatic heterocycles. The molecule has 1 aromatic carbocycles. The molecule has 1 aliphatic heterocycles. The van der Waals surface area contributed by atoms with E-state index in [4.69, 9.17) is 4.74 Å². The van der Waals surface area contributed by atoms with Gasteiger partial charge >= 0.3 is 0 Å². The Balaban J connectivity index is 1.52. The van der Waals surface area contributed by atoms with Crippen LogP contribution in [0, 0.1) is 17.2 Å². The van der Waals surface area contributed by atoms with Gasteiger partial charge in [0, 0.05) is 19.6 Å². The standard InChI is InChI=1S/C21H27N5O4S2/c1-3-26-18-7-6-16(32(28,29)25-8-10-30-11-9-25)12-17(18)23-20(26)31-13-19(27)24-21(2,14-22)15-4-5-15/h6-7,12,15H,3-5,8-11,13H2,1-2H3,(H,24,27). The van der Waals surface area contributed by atoms with Crippen molar-refractivity contribution in [2.45, 2.75) is 48.8 Å². The van der Waals surface area contributed by atoms with Gasteiger partial charge in [-0.3, -0.25) is 4.79 Å². The number of nitrogens with one attached hydrogen (secondary N) is 1. The first-order chi connectivity index (χ1) is 15.3. The van der Waals surface area contributed by atoms with Crippen LogP contribution in [0.5, 0.6) is 0 Å². The van der Waals surface area contributed by atoms with Crippen LogP contribution < -0.4 is 5.32 Å². The van der Waals surface area contributed by atoms with Gasteiger partial charge in [-0.15, -0.1) is 0 Å². The number of sulfonamides is 1. The number of morpholine rings is 1. The predicted octanol–water partition coefficient (Wildman–Crippen LogP) is 1.98. The number of hydrogen-bond donors (Lipinski definition) is 1. The van der Waals surface area contributed by atoms with Gasteiger partial charge in [-0.05, 0) is 50.8 Å². The SMILES string of the molecule is CCn1c(SCC(=O)NC(C)(C#N)C2CC2)nc2cc(S(=O)(=O)N3CCOCC3)ccc21. The first-order valence-corrected chi connectivity index (χ1v) is 13.1. The lowest BCUT2D eigenvalue weighted by atomic mass is 9.98. The molecule has 0 spiro atoms. The Labute approximate surface area is 192 Å². The number of thioether (sulfide) groups is 1. The molecule has 1 saturated carbocycles. The minimum absolute atomic E-state index is 0.131. The summed E-state index contributed by atoms with van der Waals surface area (Å²) in [7, 11) is -3.61. The molecule has 2 aliphatic rings. The van der Waals surface area contributed by atoms with E-state index in [0.717, 1.165) is 18.4 Å². The Morgan fingerprint density at radius 2 is 2.09 bits per heavy atom. The van der Waals surface area contributed by atoms with Gasteiger partial charge in [0.25, 0.3) is 0 Å². The van der Waals surface area contributed by atoms with Crippen LogP contribution in [0.4, 0.5) is 0 Å². The molecule has 4 rings (SSSR count). The Morgan fingerprint density at radius 1 is 1.38 bits per heavy atom. The fourth-order valence-electron chi connectivity index (χ4n) is 3.94. The zero-order chi connectivity index (χ0) is 22.9. The van der Waals surface area contributed by atoms with Crippen molar-refractivity contribution in [1.82, 2.24) is 19.2 Å². The lowest BCUT2D eigenvalue weighted by Gasteiger charge is -2.26. The van der Waals surface area contributed by atoms with E-state index < -0.39 is 15.6 Å². The molecule has 1 amide bonds. The van der Waals surface area contributed by atoms with Crippen molar-refractivity contribution >= 4 is 38.7 Å². The van der Waals surface area contributed by atoms with Crippen LogP contribution in [0.2, 0.25) is 0 Å². The summed E-state index contributed by atoms with van der Waals surface area (Å²) in [5, 5.41) is 12.9. The number of fused-ring (bicyclic) bond motifs is 1. The summed E-state index contributed by atoms with van der Waals surface area (Å²) in [6.45, 7) is 5.83. The average Bonchev–Trinajstić information content (AvgIpc) is 3.60. The monoisotopic (exact) mass is 477 g/mol. The zero-order valence-electron chi connectivity index (χ0n) is 18.2. The minimum Gasteiger partial charge on any atom is -0.379 e. The largest absolute Gasteiger partial charge is 0.379 e. The molecular formula is C21H27N5O4S2. The van der Waals surface area contributed by atoms with Gasteiger partial charge < -0.3 is 14.6 Å². The smallest absolute Gasteiger partial charge is 0.243 e. The second-order valence-corrected chi connectivity index (χ2v) is 11.1. The minimum atomic E-state index is -3.61. The Bertz CT molecular complexity index is 1160. The molecule has 0 radical (unpaired) electrons. The van der Waals surface area contributed by atoms with Crippen molar-refractivity contribution in [1.29, 1.82) is 5.26 Å². The van der Waals surface area contributed by atoms with E-state index in [1.165, 1.54) is 16.1 Å². The summed E-state index contributed by atoms with van der Waals surface area (Å²) in [6, 6.07) is 7.20. The fourth-order valence-corrected chi connectivity index (χ4v) is 6.24. The van der Waals surface area contributed by atoms with Gasteiger partial charge in [0.05, 0.1) is 41.0 Å². The lowest BCUT2D eigenvalue weighted by Crippen LogP contribution is -2.47. The van der Waals surface area contributed by atoms with Crippen molar-refractivity contribution in [3.63, 3.8) is 0 Å². The van der Waals surface area contributed by atoms with Crippen LogP contribution >= 0.6 is 11.8 Å². The van der Waals surface area contributed by atoms with E-state index in [-0.39, 0.29) is 22.5 Å². The Morgan fingerprint density at radius 3 is 2.72 bits per heavy atom. The molecule has 1 atom stereocenters. The van der Waals surface area contributed by atoms with E-state index >= 15 is 0 Å². The van der Waals surface area contributed by atoms with Gasteiger partial charge in [0.2, 0.25) is 15.9 Å². The summed E-state index contributed by atoms with van der Waals surface area (Å²) in [4.78, 5) is 17.3. The van der Waals surface area contributed by atoms with Crippen LogP contribution in [0.1, 0.15) is 26.7 Å². The number of nitrogens with zero attached hydrogens (tertiary/aromatic N) is 4. The number of carbonyl (C=O) groups is 1. The number of aryl methyl sites for hydroxylation is 1. The van der Waals surface area contributed by atoms with Crippen molar-refractivity contribution in [3.8, 4) is 6.07 Å². The number of hydrogen-bond acceptors (Lipinski definition) is 7. The van der Waals surface area contributed by atoms with E-state index in [0.29, 0.717) is 43.5 Å². The quantitative estimate of drug-likeness (QED) is 0.578. The first-order valence-electron chi connectivity index (χ1n) is 10.7. The van der Waals surface area contributed by atoms with Gasteiger partial charge in [-0.25, -0.2) is 13.4 Å². The number of nitriles is 1. The van der Waals surface area contributed by atoms with E-state index in [2.05, 4.69) is 16.4 Å². The predicted molar refractivity (Wildman–Crippen MR) is 121 cm³/mol. The highest BCUT2D eigenvalue weighted by atomic mass is 32.2. The highest BCUT2D eigenvalue weighted by Gasteiger charge is 2.43. The van der Waals surface area contributed by atoms with E-state index in [1.54, 1.807) is 25.1 Å². The van der Waals surface area contributed by atoms with Crippen LogP contribution in [0.3, 0.4) is 0 Å². The topological polar surface area (TPSA) is 117 Å². The lowest BCUT2D eigenvalue weighted by molar-refractivity contribution is -0.119. The molecule has 2 aromatic rings. The molecule has 1 aliphatic carbocycles. The maximum absolute atomic E-state index is 13.0. The van der Waals surface area contributed by atoms with Gasteiger partial charge in [-0.1, -0.05) is 11.8 Å². The number of amides is 1. The normalized spacial score (nSPS) is 19.4. The second kappa shape index (κ2) is 9.02.